The number of esters is 1. The highest BCUT2D eigenvalue weighted by Gasteiger charge is 2.36. The van der Waals surface area contributed by atoms with Crippen molar-refractivity contribution in [2.75, 3.05) is 31.9 Å². The highest BCUT2D eigenvalue weighted by Crippen LogP contribution is 2.44. The summed E-state index contributed by atoms with van der Waals surface area (Å²) >= 11 is 0. The van der Waals surface area contributed by atoms with E-state index < -0.39 is 17.6 Å². The van der Waals surface area contributed by atoms with Crippen LogP contribution in [0.15, 0.2) is 34.3 Å². The van der Waals surface area contributed by atoms with Crippen LogP contribution >= 0.6 is 0 Å². The smallest absolute Gasteiger partial charge is 0.348 e. The van der Waals surface area contributed by atoms with Crippen LogP contribution in [0.25, 0.3) is 0 Å². The first kappa shape index (κ1) is 20.2. The summed E-state index contributed by atoms with van der Waals surface area (Å²) < 4.78 is 16.2. The van der Waals surface area contributed by atoms with Crippen molar-refractivity contribution in [2.45, 2.75) is 26.2 Å². The minimum atomic E-state index is -0.614. The second kappa shape index (κ2) is 8.26. The van der Waals surface area contributed by atoms with Crippen LogP contribution in [0.5, 0.6) is 11.5 Å². The number of benzene rings is 1. The van der Waals surface area contributed by atoms with E-state index in [4.69, 9.17) is 19.9 Å². The SMILES string of the molecule is CCCOc1ccc(C2C(C(=O)OC)=C(C)Nc3nc(=O)[nH]c(N)c32)cc1OC. The normalized spacial score (nSPS) is 15.4. The van der Waals surface area contributed by atoms with Crippen molar-refractivity contribution in [3.05, 3.63) is 51.1 Å². The van der Waals surface area contributed by atoms with Gasteiger partial charge >= 0.3 is 11.7 Å². The Morgan fingerprint density at radius 2 is 2.03 bits per heavy atom. The molecule has 1 aliphatic heterocycles. The van der Waals surface area contributed by atoms with Crippen molar-refractivity contribution in [2.24, 2.45) is 0 Å². The fourth-order valence-electron chi connectivity index (χ4n) is 3.40. The Morgan fingerprint density at radius 3 is 2.69 bits per heavy atom. The fourth-order valence-corrected chi connectivity index (χ4v) is 3.40. The molecular weight excluding hydrogens is 376 g/mol. The molecule has 0 spiro atoms. The number of carbonyl (C=O) groups is 1. The van der Waals surface area contributed by atoms with Gasteiger partial charge < -0.3 is 25.3 Å². The number of aromatic nitrogens is 2. The maximum atomic E-state index is 12.6. The number of H-pyrrole nitrogens is 1. The van der Waals surface area contributed by atoms with Crippen LogP contribution in [-0.2, 0) is 9.53 Å². The predicted molar refractivity (Wildman–Crippen MR) is 108 cm³/mol. The van der Waals surface area contributed by atoms with E-state index in [1.165, 1.54) is 7.11 Å². The molecule has 0 saturated carbocycles. The van der Waals surface area contributed by atoms with Crippen molar-refractivity contribution >= 4 is 17.6 Å². The van der Waals surface area contributed by atoms with E-state index in [0.717, 1.165) is 6.42 Å². The molecule has 29 heavy (non-hydrogen) atoms. The number of ether oxygens (including phenoxy) is 3. The lowest BCUT2D eigenvalue weighted by Gasteiger charge is -2.30. The van der Waals surface area contributed by atoms with Crippen LogP contribution < -0.4 is 26.2 Å². The Labute approximate surface area is 167 Å². The molecule has 2 aromatic rings. The lowest BCUT2D eigenvalue weighted by atomic mass is 9.82. The number of aromatic amines is 1. The van der Waals surface area contributed by atoms with Gasteiger partial charge in [0.15, 0.2) is 11.5 Å². The molecule has 1 atom stereocenters. The molecule has 3 rings (SSSR count). The molecule has 0 aliphatic carbocycles. The zero-order valence-electron chi connectivity index (χ0n) is 16.8. The molecular formula is C20H24N4O5. The van der Waals surface area contributed by atoms with E-state index in [0.29, 0.717) is 46.3 Å². The second-order valence-corrected chi connectivity index (χ2v) is 6.56. The molecule has 2 heterocycles. The van der Waals surface area contributed by atoms with Crippen LogP contribution in [0.2, 0.25) is 0 Å². The third-order valence-electron chi connectivity index (χ3n) is 4.68. The second-order valence-electron chi connectivity index (χ2n) is 6.56. The van der Waals surface area contributed by atoms with Gasteiger partial charge in [-0.1, -0.05) is 13.0 Å². The first-order valence-corrected chi connectivity index (χ1v) is 9.17. The quantitative estimate of drug-likeness (QED) is 0.629. The number of nitrogens with zero attached hydrogens (tertiary/aromatic N) is 1. The Morgan fingerprint density at radius 1 is 1.28 bits per heavy atom. The summed E-state index contributed by atoms with van der Waals surface area (Å²) in [7, 11) is 2.86. The Bertz CT molecular complexity index is 1030. The molecule has 0 fully saturated rings. The summed E-state index contributed by atoms with van der Waals surface area (Å²) in [6, 6.07) is 5.39. The number of methoxy groups -OCH3 is 2. The van der Waals surface area contributed by atoms with E-state index in [9.17, 15) is 9.59 Å². The van der Waals surface area contributed by atoms with Crippen LogP contribution in [0.4, 0.5) is 11.6 Å². The van der Waals surface area contributed by atoms with Gasteiger partial charge in [0.25, 0.3) is 0 Å². The van der Waals surface area contributed by atoms with E-state index in [1.807, 2.05) is 13.0 Å². The molecule has 9 heteroatoms. The summed E-state index contributed by atoms with van der Waals surface area (Å²) in [5.74, 6) is 0.413. The average Bonchev–Trinajstić information content (AvgIpc) is 2.70. The molecule has 1 aromatic heterocycles. The molecule has 0 bridgehead atoms. The van der Waals surface area contributed by atoms with Gasteiger partial charge in [-0.25, -0.2) is 9.59 Å². The molecule has 1 aromatic carbocycles. The number of nitrogens with two attached hydrogens (primary N) is 1. The third-order valence-corrected chi connectivity index (χ3v) is 4.68. The molecule has 0 saturated heterocycles. The van der Waals surface area contributed by atoms with Gasteiger partial charge in [-0.2, -0.15) is 4.98 Å². The first-order chi connectivity index (χ1) is 13.9. The summed E-state index contributed by atoms with van der Waals surface area (Å²) in [6.07, 6.45) is 0.858. The lowest BCUT2D eigenvalue weighted by Crippen LogP contribution is -2.28. The number of hydrogen-bond donors (Lipinski definition) is 3. The number of nitrogen functional groups attached to an aromatic ring is 1. The predicted octanol–water partition coefficient (Wildman–Crippen LogP) is 2.15. The van der Waals surface area contributed by atoms with Gasteiger partial charge in [0.1, 0.15) is 11.6 Å². The van der Waals surface area contributed by atoms with Crippen LogP contribution in [0.1, 0.15) is 37.3 Å². The molecule has 1 aliphatic rings. The maximum absolute atomic E-state index is 12.6. The zero-order valence-corrected chi connectivity index (χ0v) is 16.8. The van der Waals surface area contributed by atoms with Gasteiger partial charge in [-0.15, -0.1) is 0 Å². The van der Waals surface area contributed by atoms with Gasteiger partial charge in [0.2, 0.25) is 0 Å². The first-order valence-electron chi connectivity index (χ1n) is 9.17. The molecule has 0 radical (unpaired) electrons. The minimum absolute atomic E-state index is 0.122. The minimum Gasteiger partial charge on any atom is -0.493 e. The standard InChI is InChI=1S/C20H24N4O5/c1-5-8-29-12-7-6-11(9-13(12)27-3)15-14(19(25)28-4)10(2)22-18-16(15)17(21)23-20(26)24-18/h6-7,9,15H,5,8H2,1-4H3,(H4,21,22,23,24,26). The number of fused-ring (bicyclic) bond motifs is 1. The van der Waals surface area contributed by atoms with Crippen molar-refractivity contribution in [1.82, 2.24) is 9.97 Å². The number of rotatable bonds is 6. The van der Waals surface area contributed by atoms with Gasteiger partial charge in [0, 0.05) is 11.3 Å². The summed E-state index contributed by atoms with van der Waals surface area (Å²) in [6.45, 7) is 4.28. The summed E-state index contributed by atoms with van der Waals surface area (Å²) in [5, 5.41) is 2.99. The monoisotopic (exact) mass is 400 g/mol. The number of nitrogens with one attached hydrogen (secondary N) is 2. The topological polar surface area (TPSA) is 129 Å². The largest absolute Gasteiger partial charge is 0.493 e. The zero-order chi connectivity index (χ0) is 21.1. The molecule has 0 amide bonds. The lowest BCUT2D eigenvalue weighted by molar-refractivity contribution is -0.136. The fraction of sp³-hybridized carbons (Fsp3) is 0.350. The van der Waals surface area contributed by atoms with Crippen molar-refractivity contribution < 1.29 is 19.0 Å². The Hall–Kier alpha value is -3.49. The van der Waals surface area contributed by atoms with Crippen molar-refractivity contribution in [3.63, 3.8) is 0 Å². The third kappa shape index (κ3) is 3.75. The van der Waals surface area contributed by atoms with E-state index in [2.05, 4.69) is 15.3 Å². The number of allylic oxidation sites excluding steroid dienone is 1. The van der Waals surface area contributed by atoms with Crippen LogP contribution in [-0.4, -0.2) is 36.8 Å². The average molecular weight is 400 g/mol. The van der Waals surface area contributed by atoms with E-state index in [1.54, 1.807) is 26.2 Å². The highest BCUT2D eigenvalue weighted by molar-refractivity contribution is 5.95. The van der Waals surface area contributed by atoms with Crippen molar-refractivity contribution in [1.29, 1.82) is 0 Å². The molecule has 1 unspecified atom stereocenters. The van der Waals surface area contributed by atoms with Gasteiger partial charge in [0.05, 0.1) is 32.3 Å². The molecule has 154 valence electrons. The summed E-state index contributed by atoms with van der Waals surface area (Å²) in [5.41, 5.74) is 7.63. The van der Waals surface area contributed by atoms with Crippen LogP contribution in [0.3, 0.4) is 0 Å². The number of hydrogen-bond acceptors (Lipinski definition) is 8. The molecule has 4 N–H and O–H groups in total. The maximum Gasteiger partial charge on any atom is 0.348 e. The van der Waals surface area contributed by atoms with E-state index in [-0.39, 0.29) is 5.82 Å². The number of carbonyl (C=O) groups excluding carboxylic acids is 1. The molecule has 9 nitrogen and oxygen atoms in total. The Kier molecular flexibility index (Phi) is 5.76. The number of anilines is 2. The van der Waals surface area contributed by atoms with Crippen LogP contribution in [0, 0.1) is 0 Å². The van der Waals surface area contributed by atoms with Crippen molar-refractivity contribution in [3.8, 4) is 11.5 Å². The Balaban J connectivity index is 2.22. The van der Waals surface area contributed by atoms with E-state index >= 15 is 0 Å². The van der Waals surface area contributed by atoms with Gasteiger partial charge in [-0.05, 0) is 31.0 Å². The highest BCUT2D eigenvalue weighted by atomic mass is 16.5. The van der Waals surface area contributed by atoms with Gasteiger partial charge in [-0.3, -0.25) is 4.98 Å². The summed E-state index contributed by atoms with van der Waals surface area (Å²) in [4.78, 5) is 30.9.